The number of benzene rings is 3. The van der Waals surface area contributed by atoms with Gasteiger partial charge in [-0.2, -0.15) is 0 Å². The number of carboxylic acid groups (broad SMARTS) is 2. The Morgan fingerprint density at radius 3 is 2.36 bits per heavy atom. The van der Waals surface area contributed by atoms with E-state index in [9.17, 15) is 24.6 Å². The molecule has 0 amide bonds. The molecule has 0 unspecified atom stereocenters. The molecule has 5 rings (SSSR count). The first-order valence-corrected chi connectivity index (χ1v) is 11.4. The van der Waals surface area contributed by atoms with Gasteiger partial charge in [-0.3, -0.25) is 19.0 Å². The van der Waals surface area contributed by atoms with Crippen LogP contribution >= 0.6 is 27.5 Å². The van der Waals surface area contributed by atoms with Gasteiger partial charge in [0.1, 0.15) is 0 Å². The zero-order valence-corrected chi connectivity index (χ0v) is 19.5. The smallest absolute Gasteiger partial charge is 0.321 e. The summed E-state index contributed by atoms with van der Waals surface area (Å²) in [4.78, 5) is 37.6. The molecular weight excluding hydrogens is 510 g/mol. The lowest BCUT2D eigenvalue weighted by atomic mass is 9.72. The van der Waals surface area contributed by atoms with E-state index in [0.717, 1.165) is 15.2 Å². The Morgan fingerprint density at radius 2 is 1.64 bits per heavy atom. The Morgan fingerprint density at radius 1 is 0.939 bits per heavy atom. The third-order valence-corrected chi connectivity index (χ3v) is 7.21. The number of halogens is 2. The highest BCUT2D eigenvalue weighted by Gasteiger charge is 2.50. The van der Waals surface area contributed by atoms with E-state index in [2.05, 4.69) is 15.9 Å². The van der Waals surface area contributed by atoms with E-state index in [1.54, 1.807) is 28.8 Å². The number of carbonyl (C=O) groups excluding carboxylic acids is 1. The van der Waals surface area contributed by atoms with Gasteiger partial charge in [0, 0.05) is 32.6 Å². The van der Waals surface area contributed by atoms with Crippen molar-refractivity contribution in [3.8, 4) is 0 Å². The van der Waals surface area contributed by atoms with Crippen LogP contribution in [0.1, 0.15) is 28.0 Å². The second-order valence-electron chi connectivity index (χ2n) is 8.30. The quantitative estimate of drug-likeness (QED) is 0.342. The molecule has 0 bridgehead atoms. The maximum absolute atomic E-state index is 13.7. The normalized spacial score (nSPS) is 14.8. The van der Waals surface area contributed by atoms with Crippen molar-refractivity contribution in [3.05, 3.63) is 80.9 Å². The summed E-state index contributed by atoms with van der Waals surface area (Å²) in [7, 11) is 0. The molecule has 6 nitrogen and oxygen atoms in total. The van der Waals surface area contributed by atoms with Crippen LogP contribution in [-0.2, 0) is 22.4 Å². The fraction of sp³-hybridized carbons (Fsp3) is 0.160. The standard InChI is InChI=1S/C25H17BrClNO5/c26-16-4-3-13-9-15(2-1-14(13)10-16)22(29)28-20-6-5-17(27)11-18(20)19-12-25(23(30)31,24(32)33)8-7-21(19)28/h1-6,9-11H,7-8,12H2,(H,30,31)(H,32,33). The molecule has 0 spiro atoms. The largest absolute Gasteiger partial charge is 0.480 e. The van der Waals surface area contributed by atoms with Gasteiger partial charge < -0.3 is 10.2 Å². The molecule has 1 heterocycles. The topological polar surface area (TPSA) is 96.6 Å². The van der Waals surface area contributed by atoms with Crippen LogP contribution in [0.3, 0.4) is 0 Å². The maximum Gasteiger partial charge on any atom is 0.321 e. The third kappa shape index (κ3) is 3.34. The van der Waals surface area contributed by atoms with Crippen LogP contribution in [0.4, 0.5) is 0 Å². The van der Waals surface area contributed by atoms with Crippen molar-refractivity contribution >= 4 is 67.1 Å². The average molecular weight is 527 g/mol. The highest BCUT2D eigenvalue weighted by molar-refractivity contribution is 9.10. The second-order valence-corrected chi connectivity index (χ2v) is 9.65. The molecule has 0 saturated heterocycles. The molecule has 4 aromatic rings. The lowest BCUT2D eigenvalue weighted by Gasteiger charge is -2.29. The average Bonchev–Trinajstić information content (AvgIpc) is 3.10. The minimum atomic E-state index is -1.94. The van der Waals surface area contributed by atoms with Crippen molar-refractivity contribution in [1.82, 2.24) is 4.57 Å². The zero-order valence-electron chi connectivity index (χ0n) is 17.1. The number of nitrogens with zero attached hydrogens (tertiary/aromatic N) is 1. The first kappa shape index (κ1) is 21.7. The minimum absolute atomic E-state index is 0.103. The van der Waals surface area contributed by atoms with Gasteiger partial charge in [-0.25, -0.2) is 0 Å². The van der Waals surface area contributed by atoms with Crippen LogP contribution < -0.4 is 0 Å². The lowest BCUT2D eigenvalue weighted by Crippen LogP contribution is -2.44. The first-order valence-electron chi connectivity index (χ1n) is 10.2. The minimum Gasteiger partial charge on any atom is -0.480 e. The molecule has 2 N–H and O–H groups in total. The number of carbonyl (C=O) groups is 3. The fourth-order valence-corrected chi connectivity index (χ4v) is 5.28. The van der Waals surface area contributed by atoms with Crippen molar-refractivity contribution in [2.75, 3.05) is 0 Å². The molecule has 0 fully saturated rings. The molecule has 33 heavy (non-hydrogen) atoms. The summed E-state index contributed by atoms with van der Waals surface area (Å²) in [5.74, 6) is -3.02. The Hall–Kier alpha value is -3.16. The predicted octanol–water partition coefficient (Wildman–Crippen LogP) is 5.54. The molecule has 0 radical (unpaired) electrons. The summed E-state index contributed by atoms with van der Waals surface area (Å²) in [6, 6.07) is 16.3. The molecule has 0 saturated carbocycles. The van der Waals surface area contributed by atoms with E-state index >= 15 is 0 Å². The molecular formula is C25H17BrClNO5. The molecule has 1 aliphatic rings. The lowest BCUT2D eigenvalue weighted by molar-refractivity contribution is -0.165. The van der Waals surface area contributed by atoms with Gasteiger partial charge in [0.25, 0.3) is 5.91 Å². The SMILES string of the molecule is O=C(c1ccc2cc(Br)ccc2c1)n1c2c(c3cc(Cl)ccc31)CC(C(=O)O)(C(=O)O)CC2. The van der Waals surface area contributed by atoms with Gasteiger partial charge in [0.15, 0.2) is 5.41 Å². The first-order chi connectivity index (χ1) is 15.7. The van der Waals surface area contributed by atoms with Crippen molar-refractivity contribution in [1.29, 1.82) is 0 Å². The zero-order chi connectivity index (χ0) is 23.5. The summed E-state index contributed by atoms with van der Waals surface area (Å²) < 4.78 is 2.52. The Labute approximate surface area is 201 Å². The van der Waals surface area contributed by atoms with Gasteiger partial charge in [0.05, 0.1) is 5.52 Å². The summed E-state index contributed by atoms with van der Waals surface area (Å²) in [6.07, 6.45) is -0.171. The van der Waals surface area contributed by atoms with E-state index in [1.165, 1.54) is 0 Å². The van der Waals surface area contributed by atoms with Crippen molar-refractivity contribution in [2.24, 2.45) is 5.41 Å². The summed E-state index contributed by atoms with van der Waals surface area (Å²) in [5, 5.41) is 22.4. The van der Waals surface area contributed by atoms with Crippen molar-refractivity contribution < 1.29 is 24.6 Å². The van der Waals surface area contributed by atoms with E-state index in [1.807, 2.05) is 30.3 Å². The Kier molecular flexibility index (Phi) is 5.06. The van der Waals surface area contributed by atoms with E-state index < -0.39 is 17.4 Å². The third-order valence-electron chi connectivity index (χ3n) is 6.48. The molecule has 0 aliphatic heterocycles. The second kappa shape index (κ2) is 7.71. The van der Waals surface area contributed by atoms with E-state index in [0.29, 0.717) is 32.7 Å². The van der Waals surface area contributed by atoms with Crippen molar-refractivity contribution in [3.63, 3.8) is 0 Å². The fourth-order valence-electron chi connectivity index (χ4n) is 4.73. The number of carboxylic acids is 2. The number of aromatic nitrogens is 1. The summed E-state index contributed by atoms with van der Waals surface area (Å²) in [5.41, 5.74) is 0.297. The predicted molar refractivity (Wildman–Crippen MR) is 128 cm³/mol. The highest BCUT2D eigenvalue weighted by atomic mass is 79.9. The molecule has 1 aliphatic carbocycles. The van der Waals surface area contributed by atoms with Crippen LogP contribution in [0.15, 0.2) is 59.1 Å². The van der Waals surface area contributed by atoms with Crippen LogP contribution in [-0.4, -0.2) is 32.6 Å². The van der Waals surface area contributed by atoms with Gasteiger partial charge in [-0.1, -0.05) is 39.7 Å². The van der Waals surface area contributed by atoms with E-state index in [-0.39, 0.29) is 25.2 Å². The highest BCUT2D eigenvalue weighted by Crippen LogP contribution is 2.42. The van der Waals surface area contributed by atoms with Crippen LogP contribution in [0.2, 0.25) is 5.02 Å². The van der Waals surface area contributed by atoms with Crippen LogP contribution in [0.25, 0.3) is 21.7 Å². The van der Waals surface area contributed by atoms with Gasteiger partial charge >= 0.3 is 11.9 Å². The van der Waals surface area contributed by atoms with Gasteiger partial charge in [-0.05, 0) is 71.6 Å². The Bertz CT molecular complexity index is 1490. The summed E-state index contributed by atoms with van der Waals surface area (Å²) >= 11 is 9.66. The maximum atomic E-state index is 13.7. The molecule has 1 aromatic heterocycles. The monoisotopic (exact) mass is 525 g/mol. The molecule has 166 valence electrons. The van der Waals surface area contributed by atoms with Crippen LogP contribution in [0.5, 0.6) is 0 Å². The summed E-state index contributed by atoms with van der Waals surface area (Å²) in [6.45, 7) is 0. The molecule has 0 atom stereocenters. The molecule has 8 heteroatoms. The van der Waals surface area contributed by atoms with Gasteiger partial charge in [0.2, 0.25) is 0 Å². The molecule has 3 aromatic carbocycles. The number of hydrogen-bond donors (Lipinski definition) is 2. The number of aliphatic carboxylic acids is 2. The van der Waals surface area contributed by atoms with Crippen molar-refractivity contribution in [2.45, 2.75) is 19.3 Å². The van der Waals surface area contributed by atoms with Gasteiger partial charge in [-0.15, -0.1) is 0 Å². The number of fused-ring (bicyclic) bond motifs is 4. The van der Waals surface area contributed by atoms with E-state index in [4.69, 9.17) is 11.6 Å². The number of rotatable bonds is 3. The van der Waals surface area contributed by atoms with Crippen LogP contribution in [0, 0.1) is 5.41 Å². The Balaban J connectivity index is 1.70. The number of hydrogen-bond acceptors (Lipinski definition) is 3.